The molecule has 0 bridgehead atoms. The minimum Gasteiger partial charge on any atom is -0.449 e. The van der Waals surface area contributed by atoms with E-state index in [0.29, 0.717) is 5.92 Å². The molecule has 0 amide bonds. The van der Waals surface area contributed by atoms with Gasteiger partial charge < -0.3 is 4.74 Å². The van der Waals surface area contributed by atoms with Gasteiger partial charge in [-0.2, -0.15) is 0 Å². The van der Waals surface area contributed by atoms with E-state index >= 15 is 0 Å². The van der Waals surface area contributed by atoms with Crippen molar-refractivity contribution in [3.63, 3.8) is 0 Å². The summed E-state index contributed by atoms with van der Waals surface area (Å²) in [6.07, 6.45) is 15.6. The summed E-state index contributed by atoms with van der Waals surface area (Å²) in [5.74, 6) is 4.07. The van der Waals surface area contributed by atoms with Crippen LogP contribution in [0.1, 0.15) is 47.0 Å². The van der Waals surface area contributed by atoms with Crippen LogP contribution in [0.2, 0.25) is 0 Å². The molecule has 0 aromatic rings. The lowest BCUT2D eigenvalue weighted by molar-refractivity contribution is -0.136. The number of carbonyl (C=O) groups is 1. The number of hydrogen-bond acceptors (Lipinski definition) is 2. The molecule has 2 nitrogen and oxygen atoms in total. The van der Waals surface area contributed by atoms with E-state index in [0.717, 1.165) is 18.3 Å². The van der Waals surface area contributed by atoms with E-state index in [4.69, 9.17) is 11.2 Å². The smallest absolute Gasteiger partial charge is 0.331 e. The SMILES string of the molecule is C#CCOC(=O)/C=C/C=C/CC(C)CCC(C)C(C)C. The van der Waals surface area contributed by atoms with Crippen molar-refractivity contribution in [2.24, 2.45) is 17.8 Å². The number of rotatable bonds is 9. The van der Waals surface area contributed by atoms with E-state index in [1.54, 1.807) is 6.08 Å². The van der Waals surface area contributed by atoms with Crippen LogP contribution in [0.15, 0.2) is 24.3 Å². The highest BCUT2D eigenvalue weighted by Gasteiger charge is 2.08. The normalized spacial score (nSPS) is 14.6. The molecule has 0 radical (unpaired) electrons. The minimum absolute atomic E-state index is 0.0258. The number of ether oxygens (including phenoxy) is 1. The van der Waals surface area contributed by atoms with E-state index in [2.05, 4.69) is 39.7 Å². The highest BCUT2D eigenvalue weighted by atomic mass is 16.5. The van der Waals surface area contributed by atoms with Crippen LogP contribution in [0.4, 0.5) is 0 Å². The summed E-state index contributed by atoms with van der Waals surface area (Å²) < 4.78 is 4.71. The Morgan fingerprint density at radius 1 is 1.20 bits per heavy atom. The average molecular weight is 276 g/mol. The van der Waals surface area contributed by atoms with Crippen molar-refractivity contribution >= 4 is 5.97 Å². The lowest BCUT2D eigenvalue weighted by Crippen LogP contribution is -2.06. The zero-order chi connectivity index (χ0) is 15.4. The second-order valence-electron chi connectivity index (χ2n) is 5.74. The molecule has 2 unspecified atom stereocenters. The summed E-state index contributed by atoms with van der Waals surface area (Å²) in [5, 5.41) is 0. The third kappa shape index (κ3) is 10.4. The number of hydrogen-bond donors (Lipinski definition) is 0. The fourth-order valence-electron chi connectivity index (χ4n) is 1.68. The molecule has 0 saturated carbocycles. The van der Waals surface area contributed by atoms with E-state index < -0.39 is 5.97 Å². The first-order valence-corrected chi connectivity index (χ1v) is 7.40. The van der Waals surface area contributed by atoms with Crippen LogP contribution in [-0.2, 0) is 9.53 Å². The van der Waals surface area contributed by atoms with Gasteiger partial charge in [0.2, 0.25) is 0 Å². The Morgan fingerprint density at radius 2 is 1.90 bits per heavy atom. The van der Waals surface area contributed by atoms with E-state index in [1.807, 2.05) is 6.08 Å². The monoisotopic (exact) mass is 276 g/mol. The van der Waals surface area contributed by atoms with Crippen molar-refractivity contribution in [3.8, 4) is 12.3 Å². The van der Waals surface area contributed by atoms with Gasteiger partial charge in [0.05, 0.1) is 0 Å². The van der Waals surface area contributed by atoms with Crippen LogP contribution in [0.5, 0.6) is 0 Å². The maximum atomic E-state index is 11.1. The van der Waals surface area contributed by atoms with Crippen molar-refractivity contribution in [1.29, 1.82) is 0 Å². The number of allylic oxidation sites excluding steroid dienone is 3. The molecule has 0 N–H and O–H groups in total. The predicted molar refractivity (Wildman–Crippen MR) is 85.1 cm³/mol. The van der Waals surface area contributed by atoms with E-state index in [1.165, 1.54) is 18.9 Å². The molecule has 0 fully saturated rings. The molecule has 0 rings (SSSR count). The molecule has 2 atom stereocenters. The van der Waals surface area contributed by atoms with Crippen LogP contribution >= 0.6 is 0 Å². The standard InChI is InChI=1S/C18H28O2/c1-6-14-20-18(19)11-9-7-8-10-16(4)12-13-17(5)15(2)3/h1,7-9,11,15-17H,10,12-14H2,2-5H3/b8-7+,11-9+. The van der Waals surface area contributed by atoms with Crippen LogP contribution in [0.3, 0.4) is 0 Å². The molecule has 0 heterocycles. The summed E-state index contributed by atoms with van der Waals surface area (Å²) in [4.78, 5) is 11.1. The van der Waals surface area contributed by atoms with Gasteiger partial charge in [-0.1, -0.05) is 64.7 Å². The van der Waals surface area contributed by atoms with Crippen molar-refractivity contribution in [2.45, 2.75) is 47.0 Å². The van der Waals surface area contributed by atoms with Crippen molar-refractivity contribution in [1.82, 2.24) is 0 Å². The van der Waals surface area contributed by atoms with Crippen LogP contribution < -0.4 is 0 Å². The molecule has 2 heteroatoms. The molecule has 0 aromatic heterocycles. The van der Waals surface area contributed by atoms with E-state index in [9.17, 15) is 4.79 Å². The average Bonchev–Trinajstić information content (AvgIpc) is 2.41. The second-order valence-corrected chi connectivity index (χ2v) is 5.74. The highest BCUT2D eigenvalue weighted by Crippen LogP contribution is 2.20. The molecule has 0 aliphatic heterocycles. The molecule has 0 aliphatic carbocycles. The van der Waals surface area contributed by atoms with Gasteiger partial charge in [0, 0.05) is 6.08 Å². The number of terminal acetylenes is 1. The quantitative estimate of drug-likeness (QED) is 0.270. The largest absolute Gasteiger partial charge is 0.449 e. The Morgan fingerprint density at radius 3 is 2.50 bits per heavy atom. The summed E-state index contributed by atoms with van der Waals surface area (Å²) >= 11 is 0. The fourth-order valence-corrected chi connectivity index (χ4v) is 1.68. The topological polar surface area (TPSA) is 26.3 Å². The summed E-state index contributed by atoms with van der Waals surface area (Å²) in [7, 11) is 0. The summed E-state index contributed by atoms with van der Waals surface area (Å²) in [6.45, 7) is 9.16. The van der Waals surface area contributed by atoms with Gasteiger partial charge in [0.15, 0.2) is 6.61 Å². The summed E-state index contributed by atoms with van der Waals surface area (Å²) in [5.41, 5.74) is 0. The van der Waals surface area contributed by atoms with Gasteiger partial charge in [0.25, 0.3) is 0 Å². The fraction of sp³-hybridized carbons (Fsp3) is 0.611. The van der Waals surface area contributed by atoms with Gasteiger partial charge >= 0.3 is 5.97 Å². The van der Waals surface area contributed by atoms with Crippen molar-refractivity contribution in [3.05, 3.63) is 24.3 Å². The first-order valence-electron chi connectivity index (χ1n) is 7.40. The molecule has 0 saturated heterocycles. The Kier molecular flexibility index (Phi) is 10.5. The van der Waals surface area contributed by atoms with Crippen LogP contribution in [0, 0.1) is 30.1 Å². The Hall–Kier alpha value is -1.49. The predicted octanol–water partition coefficient (Wildman–Crippen LogP) is 4.37. The Labute approximate surface area is 124 Å². The van der Waals surface area contributed by atoms with Crippen molar-refractivity contribution < 1.29 is 9.53 Å². The maximum Gasteiger partial charge on any atom is 0.331 e. The molecule has 0 aliphatic rings. The Bertz CT molecular complexity index is 358. The second kappa shape index (κ2) is 11.3. The first-order chi connectivity index (χ1) is 9.47. The van der Waals surface area contributed by atoms with E-state index in [-0.39, 0.29) is 6.61 Å². The number of carbonyl (C=O) groups excluding carboxylic acids is 1. The zero-order valence-corrected chi connectivity index (χ0v) is 13.3. The van der Waals surface area contributed by atoms with Gasteiger partial charge in [-0.3, -0.25) is 0 Å². The first kappa shape index (κ1) is 18.5. The van der Waals surface area contributed by atoms with Gasteiger partial charge in [-0.15, -0.1) is 6.42 Å². The molecule has 112 valence electrons. The Balaban J connectivity index is 3.81. The molecular weight excluding hydrogens is 248 g/mol. The molecule has 0 spiro atoms. The third-order valence-corrected chi connectivity index (χ3v) is 3.57. The summed E-state index contributed by atoms with van der Waals surface area (Å²) in [6, 6.07) is 0. The number of esters is 1. The lowest BCUT2D eigenvalue weighted by atomic mass is 9.89. The third-order valence-electron chi connectivity index (χ3n) is 3.57. The molecule has 20 heavy (non-hydrogen) atoms. The highest BCUT2D eigenvalue weighted by molar-refractivity contribution is 5.82. The lowest BCUT2D eigenvalue weighted by Gasteiger charge is -2.17. The molecular formula is C18H28O2. The maximum absolute atomic E-state index is 11.1. The zero-order valence-electron chi connectivity index (χ0n) is 13.3. The van der Waals surface area contributed by atoms with Crippen molar-refractivity contribution in [2.75, 3.05) is 6.61 Å². The minimum atomic E-state index is -0.397. The van der Waals surface area contributed by atoms with Gasteiger partial charge in [0.1, 0.15) is 0 Å². The van der Waals surface area contributed by atoms with Gasteiger partial charge in [-0.05, 0) is 24.2 Å². The van der Waals surface area contributed by atoms with Gasteiger partial charge in [-0.25, -0.2) is 4.79 Å². The van der Waals surface area contributed by atoms with Crippen LogP contribution in [-0.4, -0.2) is 12.6 Å². The molecule has 0 aromatic carbocycles. The van der Waals surface area contributed by atoms with Crippen LogP contribution in [0.25, 0.3) is 0 Å².